The van der Waals surface area contributed by atoms with Crippen molar-refractivity contribution in [2.75, 3.05) is 6.61 Å². The first kappa shape index (κ1) is 6.51. The molecule has 0 amide bonds. The first-order valence-electron chi connectivity index (χ1n) is 3.34. The summed E-state index contributed by atoms with van der Waals surface area (Å²) in [7, 11) is 0. The van der Waals surface area contributed by atoms with E-state index >= 15 is 0 Å². The van der Waals surface area contributed by atoms with Crippen LogP contribution in [0.3, 0.4) is 0 Å². The number of ether oxygens (including phenoxy) is 1. The van der Waals surface area contributed by atoms with E-state index in [1.807, 2.05) is 0 Å². The van der Waals surface area contributed by atoms with Crippen LogP contribution in [0.5, 0.6) is 0 Å². The van der Waals surface area contributed by atoms with Gasteiger partial charge in [-0.3, -0.25) is 0 Å². The van der Waals surface area contributed by atoms with Crippen molar-refractivity contribution in [1.82, 2.24) is 0 Å². The van der Waals surface area contributed by atoms with E-state index in [1.54, 1.807) is 0 Å². The second-order valence-electron chi connectivity index (χ2n) is 2.11. The largest absolute Gasteiger partial charge is 0.388 e. The van der Waals surface area contributed by atoms with E-state index in [2.05, 4.69) is 4.74 Å². The number of rotatable bonds is 0. The van der Waals surface area contributed by atoms with Crippen molar-refractivity contribution in [1.29, 1.82) is 0 Å². The summed E-state index contributed by atoms with van der Waals surface area (Å²) >= 11 is 0. The van der Waals surface area contributed by atoms with Crippen LogP contribution < -0.4 is 0 Å². The zero-order valence-corrected chi connectivity index (χ0v) is 5.14. The van der Waals surface area contributed by atoms with E-state index in [-0.39, 0.29) is 6.61 Å². The number of aliphatic hydroxyl groups is 4. The van der Waals surface area contributed by atoms with Gasteiger partial charge < -0.3 is 25.2 Å². The van der Waals surface area contributed by atoms with Gasteiger partial charge in [0, 0.05) is 0 Å². The van der Waals surface area contributed by atoms with Crippen molar-refractivity contribution >= 4 is 0 Å². The van der Waals surface area contributed by atoms with Gasteiger partial charge in [-0.25, -0.2) is 0 Å². The molecular weight excluding hydrogens is 140 g/mol. The summed E-state index contributed by atoms with van der Waals surface area (Å²) in [5.74, 6) is 0. The van der Waals surface area contributed by atoms with Crippen LogP contribution in [0.2, 0.25) is 0 Å². The molecule has 1 aliphatic rings. The van der Waals surface area contributed by atoms with E-state index in [0.717, 1.165) is 0 Å². The van der Waals surface area contributed by atoms with Gasteiger partial charge in [-0.1, -0.05) is 0 Å². The normalized spacial score (nSPS) is 58.0. The molecule has 4 N–H and O–H groups in total. The highest BCUT2D eigenvalue weighted by molar-refractivity contribution is 4.81. The molecule has 1 heterocycles. The van der Waals surface area contributed by atoms with Crippen molar-refractivity contribution in [3.05, 3.63) is 0 Å². The van der Waals surface area contributed by atoms with Crippen molar-refractivity contribution in [3.63, 3.8) is 0 Å². The molecule has 1 aliphatic heterocycles. The molecule has 0 spiro atoms. The number of hydrogen-bond acceptors (Lipinski definition) is 5. The topological polar surface area (TPSA) is 90.2 Å². The van der Waals surface area contributed by atoms with Gasteiger partial charge >= 0.3 is 0 Å². The van der Waals surface area contributed by atoms with Gasteiger partial charge in [0.15, 0.2) is 6.29 Å². The zero-order valence-electron chi connectivity index (χ0n) is 6.14. The molecular formula is C5H10O5. The molecule has 1 saturated heterocycles. The Labute approximate surface area is 58.9 Å². The van der Waals surface area contributed by atoms with E-state index < -0.39 is 24.6 Å². The summed E-state index contributed by atoms with van der Waals surface area (Å²) in [5, 5.41) is 35.6. The molecule has 10 heavy (non-hydrogen) atoms. The molecule has 60 valence electrons. The molecule has 4 atom stereocenters. The van der Waals surface area contributed by atoms with Crippen LogP contribution in [0.25, 0.3) is 0 Å². The number of aliphatic hydroxyl groups excluding tert-OH is 3. The molecule has 1 fully saturated rings. The average molecular weight is 151 g/mol. The second kappa shape index (κ2) is 2.81. The predicted octanol–water partition coefficient (Wildman–Crippen LogP) is -2.58. The van der Waals surface area contributed by atoms with E-state index in [4.69, 9.17) is 21.8 Å². The Morgan fingerprint density at radius 3 is 2.40 bits per heavy atom. The van der Waals surface area contributed by atoms with Crippen molar-refractivity contribution in [3.8, 4) is 0 Å². The minimum atomic E-state index is -2.45. The molecule has 0 aliphatic carbocycles. The van der Waals surface area contributed by atoms with Crippen LogP contribution in [0, 0.1) is 0 Å². The van der Waals surface area contributed by atoms with Gasteiger partial charge in [0.2, 0.25) is 0 Å². The van der Waals surface area contributed by atoms with E-state index in [9.17, 15) is 0 Å². The minimum Gasteiger partial charge on any atom is -0.388 e. The third-order valence-corrected chi connectivity index (χ3v) is 1.34. The Balaban J connectivity index is 2.72. The van der Waals surface area contributed by atoms with E-state index in [1.165, 1.54) is 0 Å². The summed E-state index contributed by atoms with van der Waals surface area (Å²) < 4.78 is 11.4. The van der Waals surface area contributed by atoms with Crippen LogP contribution in [-0.2, 0) is 4.74 Å². The Morgan fingerprint density at radius 1 is 1.30 bits per heavy atom. The summed E-state index contributed by atoms with van der Waals surface area (Å²) in [6.07, 6.45) is -7.36. The Kier molecular flexibility index (Phi) is 1.83. The highest BCUT2D eigenvalue weighted by Gasteiger charge is 2.36. The lowest BCUT2D eigenvalue weighted by atomic mass is 10.1. The first-order valence-corrected chi connectivity index (χ1v) is 2.84. The fourth-order valence-corrected chi connectivity index (χ4v) is 0.709. The van der Waals surface area contributed by atoms with Crippen LogP contribution in [0.4, 0.5) is 0 Å². The summed E-state index contributed by atoms with van der Waals surface area (Å²) in [5.41, 5.74) is 0. The molecule has 0 aromatic carbocycles. The lowest BCUT2D eigenvalue weighted by Crippen LogP contribution is -2.52. The Morgan fingerprint density at radius 2 is 1.90 bits per heavy atom. The molecule has 0 radical (unpaired) electrons. The minimum absolute atomic E-state index is 0.363. The third kappa shape index (κ3) is 1.28. The molecule has 5 nitrogen and oxygen atoms in total. The van der Waals surface area contributed by atoms with Crippen LogP contribution >= 0.6 is 0 Å². The van der Waals surface area contributed by atoms with Crippen molar-refractivity contribution < 1.29 is 26.5 Å². The van der Waals surface area contributed by atoms with Crippen molar-refractivity contribution in [2.24, 2.45) is 0 Å². The van der Waals surface area contributed by atoms with Crippen LogP contribution in [0.1, 0.15) is 1.37 Å². The highest BCUT2D eigenvalue weighted by Crippen LogP contribution is 2.12. The molecule has 1 unspecified atom stereocenters. The third-order valence-electron chi connectivity index (χ3n) is 1.34. The standard InChI is InChI=1S/C5H10O5/c6-2-1-10-5(9)4(8)3(2)7/h2-9H,1H2/t2-,3-,4-,5?/m1/s1/i3D. The van der Waals surface area contributed by atoms with Gasteiger partial charge in [0.1, 0.15) is 18.3 Å². The molecule has 1 rings (SSSR count). The van der Waals surface area contributed by atoms with Gasteiger partial charge in [-0.2, -0.15) is 0 Å². The fourth-order valence-electron chi connectivity index (χ4n) is 0.709. The maximum atomic E-state index is 9.01. The molecule has 0 aromatic heterocycles. The van der Waals surface area contributed by atoms with Gasteiger partial charge in [-0.15, -0.1) is 0 Å². The first-order chi connectivity index (χ1) is 4.96. The van der Waals surface area contributed by atoms with Crippen molar-refractivity contribution in [2.45, 2.75) is 24.6 Å². The maximum Gasteiger partial charge on any atom is 0.183 e. The molecule has 0 saturated carbocycles. The van der Waals surface area contributed by atoms with Crippen LogP contribution in [0.15, 0.2) is 0 Å². The maximum absolute atomic E-state index is 9.01. The molecule has 0 bridgehead atoms. The molecule has 0 aromatic rings. The predicted molar refractivity (Wildman–Crippen MR) is 30.0 cm³/mol. The lowest BCUT2D eigenvalue weighted by molar-refractivity contribution is -0.252. The fraction of sp³-hybridized carbons (Fsp3) is 1.00. The average Bonchev–Trinajstić information content (AvgIpc) is 1.95. The monoisotopic (exact) mass is 151 g/mol. The SMILES string of the molecule is [2H][C@@]1(O)[C@H](O)COC(O)[C@@H]1O. The van der Waals surface area contributed by atoms with Gasteiger partial charge in [0.25, 0.3) is 0 Å². The summed E-state index contributed by atoms with van der Waals surface area (Å²) in [6, 6.07) is 0. The van der Waals surface area contributed by atoms with Gasteiger partial charge in [-0.05, 0) is 0 Å². The zero-order chi connectivity index (χ0) is 8.65. The molecule has 5 heteroatoms. The Hall–Kier alpha value is -0.200. The summed E-state index contributed by atoms with van der Waals surface area (Å²) in [6.45, 7) is -0.363. The quantitative estimate of drug-likeness (QED) is 0.305. The Bertz CT molecular complexity index is 150. The van der Waals surface area contributed by atoms with Crippen LogP contribution in [-0.4, -0.2) is 51.6 Å². The lowest BCUT2D eigenvalue weighted by Gasteiger charge is -2.31. The summed E-state index contributed by atoms with van der Waals surface area (Å²) in [4.78, 5) is 0. The van der Waals surface area contributed by atoms with Gasteiger partial charge in [0.05, 0.1) is 7.98 Å². The highest BCUT2D eigenvalue weighted by atomic mass is 16.6. The number of hydrogen-bond donors (Lipinski definition) is 4. The second-order valence-corrected chi connectivity index (χ2v) is 2.11. The smallest absolute Gasteiger partial charge is 0.183 e. The van der Waals surface area contributed by atoms with E-state index in [0.29, 0.717) is 0 Å².